The van der Waals surface area contributed by atoms with Crippen LogP contribution < -0.4 is 4.74 Å². The number of methoxy groups -OCH3 is 1. The molecule has 1 saturated heterocycles. The van der Waals surface area contributed by atoms with E-state index in [1.54, 1.807) is 37.0 Å². The number of likely N-dealkylation sites (tertiary alicyclic amines) is 1. The molecule has 3 rings (SSSR count). The first-order valence-corrected chi connectivity index (χ1v) is 8.84. The highest BCUT2D eigenvalue weighted by molar-refractivity contribution is 6.33. The molecular weight excluding hydrogens is 366 g/mol. The van der Waals surface area contributed by atoms with Crippen LogP contribution in [0.25, 0.3) is 0 Å². The van der Waals surface area contributed by atoms with Crippen LogP contribution in [0.3, 0.4) is 0 Å². The monoisotopic (exact) mass is 385 g/mol. The lowest BCUT2D eigenvalue weighted by molar-refractivity contribution is -0.129. The van der Waals surface area contributed by atoms with Gasteiger partial charge in [0.15, 0.2) is 5.78 Å². The highest BCUT2D eigenvalue weighted by Crippen LogP contribution is 2.40. The number of ether oxygens (including phenoxy) is 1. The fraction of sp³-hybridized carbons (Fsp3) is 0.350. The lowest BCUT2D eigenvalue weighted by atomic mass is 9.91. The molecule has 1 aromatic heterocycles. The molecule has 0 radical (unpaired) electrons. The molecular formula is C20H20ClN3O3. The van der Waals surface area contributed by atoms with E-state index in [-0.39, 0.29) is 11.7 Å². The number of carbonyl (C=O) groups excluding carboxylic acids is 2. The maximum absolute atomic E-state index is 13.1. The molecule has 140 valence electrons. The number of benzene rings is 1. The lowest BCUT2D eigenvalue weighted by Crippen LogP contribution is -2.33. The summed E-state index contributed by atoms with van der Waals surface area (Å²) >= 11 is 6.43. The zero-order valence-corrected chi connectivity index (χ0v) is 16.4. The zero-order valence-electron chi connectivity index (χ0n) is 15.6. The number of aryl methyl sites for hydroxylation is 1. The molecule has 2 heterocycles. The van der Waals surface area contributed by atoms with Crippen LogP contribution in [0.4, 0.5) is 0 Å². The fourth-order valence-electron chi connectivity index (χ4n) is 3.39. The predicted octanol–water partition coefficient (Wildman–Crippen LogP) is 2.19. The molecule has 0 aliphatic carbocycles. The van der Waals surface area contributed by atoms with Gasteiger partial charge < -0.3 is 9.64 Å². The zero-order chi connectivity index (χ0) is 19.7. The molecule has 0 saturated carbocycles. The van der Waals surface area contributed by atoms with Crippen molar-refractivity contribution in [1.29, 1.82) is 0 Å². The minimum Gasteiger partial charge on any atom is -0.496 e. The molecule has 1 fully saturated rings. The van der Waals surface area contributed by atoms with E-state index in [1.807, 2.05) is 13.1 Å². The molecule has 0 spiro atoms. The van der Waals surface area contributed by atoms with Crippen molar-refractivity contribution in [2.45, 2.75) is 25.3 Å². The van der Waals surface area contributed by atoms with E-state index in [0.29, 0.717) is 28.3 Å². The molecule has 27 heavy (non-hydrogen) atoms. The van der Waals surface area contributed by atoms with Gasteiger partial charge >= 0.3 is 0 Å². The van der Waals surface area contributed by atoms with Gasteiger partial charge in [-0.1, -0.05) is 17.5 Å². The molecule has 6 nitrogen and oxygen atoms in total. The van der Waals surface area contributed by atoms with Crippen molar-refractivity contribution < 1.29 is 14.3 Å². The molecule has 0 N–H and O–H groups in total. The minimum atomic E-state index is -0.991. The average Bonchev–Trinajstić information content (AvgIpc) is 3.13. The van der Waals surface area contributed by atoms with E-state index in [4.69, 9.17) is 16.3 Å². The normalized spacial score (nSPS) is 19.2. The maximum Gasteiger partial charge on any atom is 0.238 e. The van der Waals surface area contributed by atoms with Gasteiger partial charge in [-0.3, -0.25) is 14.3 Å². The van der Waals surface area contributed by atoms with Crippen molar-refractivity contribution in [3.05, 3.63) is 46.2 Å². The van der Waals surface area contributed by atoms with Gasteiger partial charge in [-0.05, 0) is 25.1 Å². The van der Waals surface area contributed by atoms with Gasteiger partial charge in [0.2, 0.25) is 5.91 Å². The lowest BCUT2D eigenvalue weighted by Gasteiger charge is -2.16. The highest BCUT2D eigenvalue weighted by Gasteiger charge is 2.48. The van der Waals surface area contributed by atoms with Gasteiger partial charge in [-0.25, -0.2) is 0 Å². The van der Waals surface area contributed by atoms with E-state index >= 15 is 0 Å². The topological polar surface area (TPSA) is 64.4 Å². The van der Waals surface area contributed by atoms with Crippen LogP contribution in [0.2, 0.25) is 5.02 Å². The summed E-state index contributed by atoms with van der Waals surface area (Å²) < 4.78 is 7.09. The number of rotatable bonds is 4. The molecule has 2 unspecified atom stereocenters. The summed E-state index contributed by atoms with van der Waals surface area (Å²) in [5.74, 6) is 4.60. The highest BCUT2D eigenvalue weighted by atomic mass is 35.5. The number of carbonyl (C=O) groups is 2. The Hall–Kier alpha value is -2.78. The number of aromatic nitrogens is 2. The summed E-state index contributed by atoms with van der Waals surface area (Å²) in [5, 5.41) is 4.61. The quantitative estimate of drug-likeness (QED) is 0.597. The van der Waals surface area contributed by atoms with E-state index in [9.17, 15) is 9.59 Å². The third kappa shape index (κ3) is 3.43. The number of likely N-dealkylation sites (N-methyl/N-ethyl adjacent to an activating group) is 1. The first-order chi connectivity index (χ1) is 12.9. The van der Waals surface area contributed by atoms with Crippen LogP contribution in [-0.2, 0) is 23.1 Å². The molecule has 2 atom stereocenters. The van der Waals surface area contributed by atoms with Crippen molar-refractivity contribution in [3.63, 3.8) is 0 Å². The van der Waals surface area contributed by atoms with Crippen LogP contribution in [0.5, 0.6) is 5.75 Å². The molecule has 1 aliphatic heterocycles. The number of hydrogen-bond donors (Lipinski definition) is 0. The number of halogens is 1. The van der Waals surface area contributed by atoms with Gasteiger partial charge in [0, 0.05) is 42.9 Å². The van der Waals surface area contributed by atoms with Crippen molar-refractivity contribution >= 4 is 23.3 Å². The summed E-state index contributed by atoms with van der Waals surface area (Å²) in [4.78, 5) is 27.5. The van der Waals surface area contributed by atoms with Gasteiger partial charge in [-0.2, -0.15) is 5.10 Å². The number of ketones is 1. The Morgan fingerprint density at radius 2 is 2.04 bits per heavy atom. The summed E-state index contributed by atoms with van der Waals surface area (Å²) in [5.41, 5.74) is 1.81. The van der Waals surface area contributed by atoms with Crippen molar-refractivity contribution in [2.75, 3.05) is 14.2 Å². The Morgan fingerprint density at radius 3 is 2.63 bits per heavy atom. The van der Waals surface area contributed by atoms with Gasteiger partial charge in [-0.15, -0.1) is 5.92 Å². The summed E-state index contributed by atoms with van der Waals surface area (Å²) in [6.07, 6.45) is 2.17. The summed E-state index contributed by atoms with van der Waals surface area (Å²) in [6, 6.07) is 4.60. The molecule has 7 heteroatoms. The third-order valence-electron chi connectivity index (χ3n) is 4.72. The van der Waals surface area contributed by atoms with Gasteiger partial charge in [0.25, 0.3) is 0 Å². The third-order valence-corrected chi connectivity index (χ3v) is 5.03. The molecule has 1 aromatic carbocycles. The second kappa shape index (κ2) is 7.45. The molecule has 1 amide bonds. The van der Waals surface area contributed by atoms with Crippen molar-refractivity contribution in [3.8, 4) is 17.6 Å². The van der Waals surface area contributed by atoms with Crippen LogP contribution in [0.1, 0.15) is 29.7 Å². The Labute approximate surface area is 163 Å². The van der Waals surface area contributed by atoms with Crippen LogP contribution >= 0.6 is 11.6 Å². The van der Waals surface area contributed by atoms with Crippen LogP contribution in [0.15, 0.2) is 24.4 Å². The first-order valence-electron chi connectivity index (χ1n) is 8.46. The van der Waals surface area contributed by atoms with Crippen molar-refractivity contribution in [2.24, 2.45) is 7.05 Å². The fourth-order valence-corrected chi connectivity index (χ4v) is 3.71. The number of Topliss-reactive ketones (excluding diaryl/α,β-unsaturated/α-hetero) is 1. The van der Waals surface area contributed by atoms with E-state index < -0.39 is 12.0 Å². The molecule has 0 bridgehead atoms. The average molecular weight is 386 g/mol. The number of nitrogens with zero attached hydrogens (tertiary/aromatic N) is 3. The van der Waals surface area contributed by atoms with Gasteiger partial charge in [0.1, 0.15) is 11.7 Å². The second-order valence-corrected chi connectivity index (χ2v) is 6.84. The maximum atomic E-state index is 13.1. The SMILES string of the molecule is CC#Cc1cc(Cl)c(C2C(=O)C(Cc3ccn(C)n3)N(C)C2=O)c(OC)c1. The summed E-state index contributed by atoms with van der Waals surface area (Å²) in [6.45, 7) is 1.72. The minimum absolute atomic E-state index is 0.206. The van der Waals surface area contributed by atoms with E-state index in [2.05, 4.69) is 16.9 Å². The second-order valence-electron chi connectivity index (χ2n) is 6.43. The Balaban J connectivity index is 2.00. The van der Waals surface area contributed by atoms with E-state index in [0.717, 1.165) is 5.69 Å². The smallest absolute Gasteiger partial charge is 0.238 e. The Bertz CT molecular complexity index is 971. The van der Waals surface area contributed by atoms with Crippen molar-refractivity contribution in [1.82, 2.24) is 14.7 Å². The van der Waals surface area contributed by atoms with Gasteiger partial charge in [0.05, 0.1) is 18.8 Å². The number of amides is 1. The predicted molar refractivity (Wildman–Crippen MR) is 102 cm³/mol. The standard InChI is InChI=1S/C20H20ClN3O3/c1-5-6-12-9-14(21)17(16(10-12)27-4)18-19(25)15(24(3)20(18)26)11-13-7-8-23(2)22-13/h7-10,15,18H,11H2,1-4H3. The van der Waals surface area contributed by atoms with Crippen LogP contribution in [0, 0.1) is 11.8 Å². The first kappa shape index (κ1) is 19.0. The van der Waals surface area contributed by atoms with Crippen LogP contribution in [-0.4, -0.2) is 46.6 Å². The largest absolute Gasteiger partial charge is 0.496 e. The Kier molecular flexibility index (Phi) is 5.24. The molecule has 1 aliphatic rings. The summed E-state index contributed by atoms with van der Waals surface area (Å²) in [7, 11) is 4.92. The Morgan fingerprint density at radius 1 is 1.30 bits per heavy atom. The number of hydrogen-bond acceptors (Lipinski definition) is 4. The molecule has 2 aromatic rings. The van der Waals surface area contributed by atoms with E-state index in [1.165, 1.54) is 12.0 Å².